The maximum atomic E-state index is 5.23. The zero-order valence-corrected chi connectivity index (χ0v) is 6.62. The summed E-state index contributed by atoms with van der Waals surface area (Å²) in [5.41, 5.74) is 0. The van der Waals surface area contributed by atoms with Crippen molar-refractivity contribution >= 4 is 11.6 Å². The molecule has 0 aliphatic heterocycles. The predicted octanol–water partition coefficient (Wildman–Crippen LogP) is 2.40. The second kappa shape index (κ2) is 4.99. The molecule has 0 fully saturated rings. The standard InChI is InChI=1S/C8H8ClO2/c9-6-10-7-11-8-4-2-1-3-5-8/h1-5,7H,6H2. The summed E-state index contributed by atoms with van der Waals surface area (Å²) in [6.07, 6.45) is 0. The Balaban J connectivity index is 2.28. The fourth-order valence-corrected chi connectivity index (χ4v) is 0.666. The van der Waals surface area contributed by atoms with Crippen molar-refractivity contribution < 1.29 is 9.47 Å². The summed E-state index contributed by atoms with van der Waals surface area (Å²) in [6, 6.07) is 9.43. The van der Waals surface area contributed by atoms with Crippen molar-refractivity contribution in [2.75, 3.05) is 6.07 Å². The Morgan fingerprint density at radius 2 is 2.00 bits per heavy atom. The topological polar surface area (TPSA) is 18.5 Å². The summed E-state index contributed by atoms with van der Waals surface area (Å²) in [5.74, 6) is 0.734. The average molecular weight is 172 g/mol. The van der Waals surface area contributed by atoms with Gasteiger partial charge in [0.25, 0.3) is 6.79 Å². The summed E-state index contributed by atoms with van der Waals surface area (Å²) in [5, 5.41) is 0. The van der Waals surface area contributed by atoms with Crippen LogP contribution in [-0.2, 0) is 4.74 Å². The molecule has 1 aromatic rings. The van der Waals surface area contributed by atoms with Crippen LogP contribution in [0.3, 0.4) is 0 Å². The summed E-state index contributed by atoms with van der Waals surface area (Å²) in [6.45, 7) is 1.21. The molecule has 0 saturated heterocycles. The van der Waals surface area contributed by atoms with Gasteiger partial charge in [-0.05, 0) is 12.1 Å². The molecule has 0 N–H and O–H groups in total. The zero-order valence-electron chi connectivity index (χ0n) is 5.87. The van der Waals surface area contributed by atoms with E-state index in [0.717, 1.165) is 5.75 Å². The van der Waals surface area contributed by atoms with Gasteiger partial charge in [-0.1, -0.05) is 29.8 Å². The van der Waals surface area contributed by atoms with Gasteiger partial charge in [0.1, 0.15) is 11.8 Å². The Bertz CT molecular complexity index is 189. The fourth-order valence-electron chi connectivity index (χ4n) is 0.614. The maximum absolute atomic E-state index is 5.23. The van der Waals surface area contributed by atoms with E-state index in [2.05, 4.69) is 4.74 Å². The highest BCUT2D eigenvalue weighted by Crippen LogP contribution is 2.09. The molecule has 0 aliphatic rings. The molecule has 59 valence electrons. The van der Waals surface area contributed by atoms with E-state index in [9.17, 15) is 0 Å². The van der Waals surface area contributed by atoms with Gasteiger partial charge in [0, 0.05) is 0 Å². The van der Waals surface area contributed by atoms with E-state index in [1.165, 1.54) is 6.79 Å². The van der Waals surface area contributed by atoms with E-state index in [4.69, 9.17) is 16.3 Å². The Hall–Kier alpha value is -0.730. The summed E-state index contributed by atoms with van der Waals surface area (Å²) in [7, 11) is 0. The lowest BCUT2D eigenvalue weighted by Crippen LogP contribution is -1.93. The van der Waals surface area contributed by atoms with Crippen LogP contribution in [0.15, 0.2) is 30.3 Å². The molecule has 0 bridgehead atoms. The minimum absolute atomic E-state index is 0.104. The Labute approximate surface area is 70.7 Å². The minimum atomic E-state index is 0.104. The molecule has 0 amide bonds. The largest absolute Gasteiger partial charge is 0.458 e. The molecule has 3 heteroatoms. The van der Waals surface area contributed by atoms with Crippen LogP contribution >= 0.6 is 11.6 Å². The third kappa shape index (κ3) is 3.25. The normalized spacial score (nSPS) is 9.55. The molecule has 0 aromatic heterocycles. The summed E-state index contributed by atoms with van der Waals surface area (Å²) in [4.78, 5) is 0. The molecule has 1 aromatic carbocycles. The summed E-state index contributed by atoms with van der Waals surface area (Å²) < 4.78 is 9.67. The molecule has 2 nitrogen and oxygen atoms in total. The van der Waals surface area contributed by atoms with Crippen LogP contribution in [0.25, 0.3) is 0 Å². The van der Waals surface area contributed by atoms with Gasteiger partial charge in [-0.2, -0.15) is 0 Å². The first-order valence-corrected chi connectivity index (χ1v) is 3.68. The first kappa shape index (κ1) is 8.37. The predicted molar refractivity (Wildman–Crippen MR) is 43.2 cm³/mol. The van der Waals surface area contributed by atoms with E-state index < -0.39 is 0 Å². The molecule has 0 unspecified atom stereocenters. The van der Waals surface area contributed by atoms with Crippen molar-refractivity contribution in [2.24, 2.45) is 0 Å². The number of para-hydroxylation sites is 1. The fraction of sp³-hybridized carbons (Fsp3) is 0.125. The van der Waals surface area contributed by atoms with Crippen molar-refractivity contribution in [3.05, 3.63) is 37.1 Å². The molecule has 1 radical (unpaired) electrons. The van der Waals surface area contributed by atoms with Crippen LogP contribution in [-0.4, -0.2) is 6.07 Å². The van der Waals surface area contributed by atoms with E-state index in [1.807, 2.05) is 30.3 Å². The number of rotatable bonds is 4. The van der Waals surface area contributed by atoms with Crippen LogP contribution in [0.2, 0.25) is 0 Å². The molecule has 0 atom stereocenters. The van der Waals surface area contributed by atoms with Crippen molar-refractivity contribution in [1.29, 1.82) is 0 Å². The summed E-state index contributed by atoms with van der Waals surface area (Å²) >= 11 is 5.23. The van der Waals surface area contributed by atoms with Crippen molar-refractivity contribution in [2.45, 2.75) is 0 Å². The number of halogens is 1. The van der Waals surface area contributed by atoms with Gasteiger partial charge in [0.2, 0.25) is 0 Å². The highest BCUT2D eigenvalue weighted by Gasteiger charge is 1.89. The zero-order chi connectivity index (χ0) is 7.94. The Morgan fingerprint density at radius 1 is 1.27 bits per heavy atom. The van der Waals surface area contributed by atoms with Gasteiger partial charge in [0.05, 0.1) is 0 Å². The molecule has 1 rings (SSSR count). The van der Waals surface area contributed by atoms with Crippen LogP contribution in [0.4, 0.5) is 0 Å². The highest BCUT2D eigenvalue weighted by molar-refractivity contribution is 6.17. The average Bonchev–Trinajstić information content (AvgIpc) is 2.07. The number of hydrogen-bond acceptors (Lipinski definition) is 2. The number of ether oxygens (including phenoxy) is 2. The van der Waals surface area contributed by atoms with Gasteiger partial charge in [-0.3, -0.25) is 0 Å². The molecule has 0 saturated carbocycles. The number of benzene rings is 1. The second-order valence-corrected chi connectivity index (χ2v) is 2.02. The van der Waals surface area contributed by atoms with Gasteiger partial charge < -0.3 is 9.47 Å². The number of alkyl halides is 1. The third-order valence-electron chi connectivity index (χ3n) is 1.06. The Morgan fingerprint density at radius 3 is 2.64 bits per heavy atom. The van der Waals surface area contributed by atoms with Crippen molar-refractivity contribution in [3.8, 4) is 5.75 Å². The molecular formula is C8H8ClO2. The lowest BCUT2D eigenvalue weighted by Gasteiger charge is -2.01. The molecular weight excluding hydrogens is 164 g/mol. The van der Waals surface area contributed by atoms with Gasteiger partial charge in [-0.25, -0.2) is 0 Å². The second-order valence-electron chi connectivity index (χ2n) is 1.80. The lowest BCUT2D eigenvalue weighted by molar-refractivity contribution is 0.123. The van der Waals surface area contributed by atoms with Crippen LogP contribution < -0.4 is 4.74 Å². The quantitative estimate of drug-likeness (QED) is 0.512. The molecule has 0 spiro atoms. The van der Waals surface area contributed by atoms with E-state index >= 15 is 0 Å². The van der Waals surface area contributed by atoms with Crippen LogP contribution in [0.1, 0.15) is 0 Å². The SMILES string of the molecule is ClCO[CH]Oc1ccccc1. The molecule has 0 aliphatic carbocycles. The lowest BCUT2D eigenvalue weighted by atomic mass is 10.3. The van der Waals surface area contributed by atoms with E-state index in [0.29, 0.717) is 0 Å². The first-order valence-electron chi connectivity index (χ1n) is 3.14. The van der Waals surface area contributed by atoms with Gasteiger partial charge in [-0.15, -0.1) is 0 Å². The first-order chi connectivity index (χ1) is 5.43. The monoisotopic (exact) mass is 171 g/mol. The minimum Gasteiger partial charge on any atom is -0.458 e. The van der Waals surface area contributed by atoms with Crippen molar-refractivity contribution in [1.82, 2.24) is 0 Å². The molecule has 11 heavy (non-hydrogen) atoms. The smallest absolute Gasteiger partial charge is 0.264 e. The Kier molecular flexibility index (Phi) is 3.80. The van der Waals surface area contributed by atoms with Crippen molar-refractivity contribution in [3.63, 3.8) is 0 Å². The van der Waals surface area contributed by atoms with Crippen LogP contribution in [0, 0.1) is 6.79 Å². The van der Waals surface area contributed by atoms with E-state index in [1.54, 1.807) is 0 Å². The third-order valence-corrected chi connectivity index (χ3v) is 1.18. The van der Waals surface area contributed by atoms with Gasteiger partial charge >= 0.3 is 0 Å². The maximum Gasteiger partial charge on any atom is 0.264 e. The van der Waals surface area contributed by atoms with E-state index in [-0.39, 0.29) is 6.07 Å². The van der Waals surface area contributed by atoms with Gasteiger partial charge in [0.15, 0.2) is 0 Å². The number of hydrogen-bond donors (Lipinski definition) is 0. The van der Waals surface area contributed by atoms with Crippen LogP contribution in [0.5, 0.6) is 5.75 Å². The molecule has 0 heterocycles. The highest BCUT2D eigenvalue weighted by atomic mass is 35.5.